The Labute approximate surface area is 110 Å². The lowest BCUT2D eigenvalue weighted by atomic mass is 9.73. The summed E-state index contributed by atoms with van der Waals surface area (Å²) in [5.74, 6) is -0.0774. The van der Waals surface area contributed by atoms with Crippen molar-refractivity contribution in [1.29, 1.82) is 0 Å². The van der Waals surface area contributed by atoms with E-state index in [4.69, 9.17) is 9.47 Å². The number of ether oxygens (including phenoxy) is 2. The molecule has 0 radical (unpaired) electrons. The van der Waals surface area contributed by atoms with Crippen LogP contribution >= 0.6 is 0 Å². The lowest BCUT2D eigenvalue weighted by Gasteiger charge is -2.35. The molecule has 0 aromatic heterocycles. The highest BCUT2D eigenvalue weighted by Gasteiger charge is 2.47. The summed E-state index contributed by atoms with van der Waals surface area (Å²) < 4.78 is 10.3. The molecule has 102 valence electrons. The number of hydrogen-bond donors (Lipinski definition) is 0. The molecule has 1 aliphatic rings. The third-order valence-corrected chi connectivity index (χ3v) is 3.53. The van der Waals surface area contributed by atoms with Gasteiger partial charge in [0, 0.05) is 16.6 Å². The van der Waals surface area contributed by atoms with Crippen molar-refractivity contribution < 1.29 is 19.2 Å². The van der Waals surface area contributed by atoms with Crippen molar-refractivity contribution in [2.45, 2.75) is 19.8 Å². The third-order valence-electron chi connectivity index (χ3n) is 3.53. The molecule has 0 spiro atoms. The predicted molar refractivity (Wildman–Crippen MR) is 67.0 cm³/mol. The van der Waals surface area contributed by atoms with E-state index in [2.05, 4.69) is 0 Å². The Morgan fingerprint density at radius 1 is 1.47 bits per heavy atom. The van der Waals surface area contributed by atoms with E-state index in [0.717, 1.165) is 0 Å². The molecule has 6 nitrogen and oxygen atoms in total. The summed E-state index contributed by atoms with van der Waals surface area (Å²) in [6, 6.07) is 5.01. The van der Waals surface area contributed by atoms with Crippen LogP contribution in [0.2, 0.25) is 0 Å². The molecule has 0 amide bonds. The molecule has 0 saturated carbocycles. The van der Waals surface area contributed by atoms with Gasteiger partial charge in [0.05, 0.1) is 18.4 Å². The number of fused-ring (bicyclic) bond motifs is 1. The SMILES string of the molecule is COc1ccc2c(c1)OC(=O)C(C)(C)[C@@H]2C[N+](=O)[O-]. The van der Waals surface area contributed by atoms with Gasteiger partial charge in [-0.1, -0.05) is 6.07 Å². The quantitative estimate of drug-likeness (QED) is 0.361. The first kappa shape index (κ1) is 13.3. The van der Waals surface area contributed by atoms with Crippen LogP contribution in [0.1, 0.15) is 25.3 Å². The number of carbonyl (C=O) groups is 1. The Balaban J connectivity index is 2.51. The van der Waals surface area contributed by atoms with Crippen molar-refractivity contribution in [3.8, 4) is 11.5 Å². The van der Waals surface area contributed by atoms with E-state index < -0.39 is 22.2 Å². The molecule has 2 rings (SSSR count). The van der Waals surface area contributed by atoms with E-state index in [9.17, 15) is 14.9 Å². The highest BCUT2D eigenvalue weighted by Crippen LogP contribution is 2.46. The molecule has 6 heteroatoms. The molecule has 1 aromatic rings. The van der Waals surface area contributed by atoms with Crippen molar-refractivity contribution in [3.63, 3.8) is 0 Å². The second kappa shape index (κ2) is 4.53. The number of carbonyl (C=O) groups excluding carboxylic acids is 1. The van der Waals surface area contributed by atoms with Crippen molar-refractivity contribution in [3.05, 3.63) is 33.9 Å². The first-order chi connectivity index (χ1) is 8.86. The molecule has 1 heterocycles. The van der Waals surface area contributed by atoms with Gasteiger partial charge in [0.25, 0.3) is 0 Å². The standard InChI is InChI=1S/C13H15NO5/c1-13(2)10(7-14(16)17)9-5-4-8(18-3)6-11(9)19-12(13)15/h4-6,10H,7H2,1-3H3/t10-/m1/s1. The van der Waals surface area contributed by atoms with Gasteiger partial charge < -0.3 is 9.47 Å². The van der Waals surface area contributed by atoms with Gasteiger partial charge in [0.15, 0.2) is 0 Å². The number of nitro groups is 1. The maximum atomic E-state index is 12.0. The van der Waals surface area contributed by atoms with E-state index in [1.54, 1.807) is 32.0 Å². The Kier molecular flexibility index (Phi) is 3.18. The summed E-state index contributed by atoms with van der Waals surface area (Å²) >= 11 is 0. The van der Waals surface area contributed by atoms with Crippen molar-refractivity contribution in [1.82, 2.24) is 0 Å². The summed E-state index contributed by atoms with van der Waals surface area (Å²) in [6.45, 7) is 3.02. The predicted octanol–water partition coefficient (Wildman–Crippen LogP) is 2.00. The Morgan fingerprint density at radius 2 is 2.16 bits per heavy atom. The minimum Gasteiger partial charge on any atom is -0.497 e. The van der Waals surface area contributed by atoms with Gasteiger partial charge in [-0.05, 0) is 19.9 Å². The minimum absolute atomic E-state index is 0.304. The van der Waals surface area contributed by atoms with Gasteiger partial charge in [-0.25, -0.2) is 0 Å². The molecule has 0 fully saturated rings. The van der Waals surface area contributed by atoms with Gasteiger partial charge in [-0.2, -0.15) is 0 Å². The molecule has 1 aromatic carbocycles. The molecule has 19 heavy (non-hydrogen) atoms. The molecule has 0 bridgehead atoms. The van der Waals surface area contributed by atoms with Gasteiger partial charge in [-0.3, -0.25) is 14.9 Å². The smallest absolute Gasteiger partial charge is 0.317 e. The number of esters is 1. The molecule has 0 saturated heterocycles. The maximum absolute atomic E-state index is 12.0. The number of nitrogens with zero attached hydrogens (tertiary/aromatic N) is 1. The van der Waals surface area contributed by atoms with E-state index in [1.807, 2.05) is 0 Å². The summed E-state index contributed by atoms with van der Waals surface area (Å²) in [4.78, 5) is 22.4. The van der Waals surface area contributed by atoms with Gasteiger partial charge in [-0.15, -0.1) is 0 Å². The number of rotatable bonds is 3. The van der Waals surface area contributed by atoms with Crippen molar-refractivity contribution in [2.75, 3.05) is 13.7 Å². The van der Waals surface area contributed by atoms with E-state index in [0.29, 0.717) is 17.1 Å². The molecular formula is C13H15NO5. The van der Waals surface area contributed by atoms with Crippen LogP contribution in [0.3, 0.4) is 0 Å². The Morgan fingerprint density at radius 3 is 2.74 bits per heavy atom. The largest absolute Gasteiger partial charge is 0.497 e. The monoisotopic (exact) mass is 265 g/mol. The molecule has 1 aliphatic heterocycles. The Hall–Kier alpha value is -2.11. The maximum Gasteiger partial charge on any atom is 0.317 e. The normalized spacial score (nSPS) is 20.4. The lowest BCUT2D eigenvalue weighted by Crippen LogP contribution is -2.41. The highest BCUT2D eigenvalue weighted by molar-refractivity contribution is 5.82. The number of hydrogen-bond acceptors (Lipinski definition) is 5. The van der Waals surface area contributed by atoms with Crippen LogP contribution < -0.4 is 9.47 Å². The number of methoxy groups -OCH3 is 1. The first-order valence-electron chi connectivity index (χ1n) is 5.88. The summed E-state index contributed by atoms with van der Waals surface area (Å²) in [6.07, 6.45) is 0. The van der Waals surface area contributed by atoms with Crippen LogP contribution in [-0.2, 0) is 4.79 Å². The van der Waals surface area contributed by atoms with Crippen LogP contribution in [0.15, 0.2) is 18.2 Å². The van der Waals surface area contributed by atoms with Crippen LogP contribution in [0.25, 0.3) is 0 Å². The van der Waals surface area contributed by atoms with Crippen molar-refractivity contribution >= 4 is 5.97 Å². The molecule has 0 unspecified atom stereocenters. The second-order valence-corrected chi connectivity index (χ2v) is 5.08. The fourth-order valence-electron chi connectivity index (χ4n) is 2.26. The van der Waals surface area contributed by atoms with E-state index >= 15 is 0 Å². The fourth-order valence-corrected chi connectivity index (χ4v) is 2.26. The Bertz CT molecular complexity index is 538. The van der Waals surface area contributed by atoms with Crippen LogP contribution in [0.5, 0.6) is 11.5 Å². The average molecular weight is 265 g/mol. The number of benzene rings is 1. The van der Waals surface area contributed by atoms with Crippen LogP contribution in [0, 0.1) is 15.5 Å². The van der Waals surface area contributed by atoms with E-state index in [1.165, 1.54) is 7.11 Å². The van der Waals surface area contributed by atoms with Gasteiger partial charge in [0.1, 0.15) is 11.5 Å². The van der Waals surface area contributed by atoms with E-state index in [-0.39, 0.29) is 6.54 Å². The molecular weight excluding hydrogens is 250 g/mol. The minimum atomic E-state index is -0.922. The molecule has 0 aliphatic carbocycles. The topological polar surface area (TPSA) is 78.7 Å². The highest BCUT2D eigenvalue weighted by atomic mass is 16.6. The van der Waals surface area contributed by atoms with Crippen LogP contribution in [-0.4, -0.2) is 24.5 Å². The summed E-state index contributed by atoms with van der Waals surface area (Å²) in [5, 5.41) is 10.8. The average Bonchev–Trinajstić information content (AvgIpc) is 2.34. The first-order valence-corrected chi connectivity index (χ1v) is 5.88. The fraction of sp³-hybridized carbons (Fsp3) is 0.462. The third kappa shape index (κ3) is 2.25. The van der Waals surface area contributed by atoms with Crippen LogP contribution in [0.4, 0.5) is 0 Å². The zero-order valence-corrected chi connectivity index (χ0v) is 11.0. The second-order valence-electron chi connectivity index (χ2n) is 5.08. The molecule has 0 N–H and O–H groups in total. The lowest BCUT2D eigenvalue weighted by molar-refractivity contribution is -0.486. The summed E-state index contributed by atoms with van der Waals surface area (Å²) in [7, 11) is 1.50. The van der Waals surface area contributed by atoms with Crippen molar-refractivity contribution in [2.24, 2.45) is 5.41 Å². The summed E-state index contributed by atoms with van der Waals surface area (Å²) in [5.41, 5.74) is -0.253. The molecule has 1 atom stereocenters. The zero-order chi connectivity index (χ0) is 14.2. The van der Waals surface area contributed by atoms with Gasteiger partial charge >= 0.3 is 5.97 Å². The van der Waals surface area contributed by atoms with Gasteiger partial charge in [0.2, 0.25) is 6.54 Å². The zero-order valence-electron chi connectivity index (χ0n) is 11.0.